The van der Waals surface area contributed by atoms with Crippen molar-refractivity contribution >= 4 is 44.9 Å². The molecule has 0 spiro atoms. The Bertz CT molecular complexity index is 1030. The third kappa shape index (κ3) is 3.05. The van der Waals surface area contributed by atoms with Gasteiger partial charge >= 0.3 is 0 Å². The van der Waals surface area contributed by atoms with E-state index in [1.54, 1.807) is 39.8 Å². The van der Waals surface area contributed by atoms with E-state index < -0.39 is 0 Å². The van der Waals surface area contributed by atoms with Crippen molar-refractivity contribution in [3.63, 3.8) is 0 Å². The SMILES string of the molecule is C=C(C)CSc1nc2sc3c(c2c(=O)n1-c1ccc(Cl)cc1)CCC3. The van der Waals surface area contributed by atoms with Crippen LogP contribution >= 0.6 is 34.7 Å². The number of halogens is 1. The molecule has 25 heavy (non-hydrogen) atoms. The minimum atomic E-state index is 0.0240. The number of hydrogen-bond acceptors (Lipinski definition) is 4. The lowest BCUT2D eigenvalue weighted by Crippen LogP contribution is -2.22. The summed E-state index contributed by atoms with van der Waals surface area (Å²) in [5.74, 6) is 0.733. The molecule has 2 aromatic heterocycles. The Kier molecular flexibility index (Phi) is 4.48. The standard InChI is InChI=1S/C19H17ClN2OS2/c1-11(2)10-24-19-21-17-16(14-4-3-5-15(14)25-17)18(23)22(19)13-8-6-12(20)7-9-13/h6-9H,1,3-5,10H2,2H3. The molecule has 0 fully saturated rings. The lowest BCUT2D eigenvalue weighted by Gasteiger charge is -2.12. The van der Waals surface area contributed by atoms with Crippen LogP contribution < -0.4 is 5.56 Å². The molecule has 0 amide bonds. The molecule has 0 radical (unpaired) electrons. The molecular weight excluding hydrogens is 372 g/mol. The van der Waals surface area contributed by atoms with Crippen molar-refractivity contribution < 1.29 is 0 Å². The average Bonchev–Trinajstić information content (AvgIpc) is 3.14. The highest BCUT2D eigenvalue weighted by Gasteiger charge is 2.23. The largest absolute Gasteiger partial charge is 0.268 e. The molecule has 2 heterocycles. The highest BCUT2D eigenvalue weighted by atomic mass is 35.5. The van der Waals surface area contributed by atoms with E-state index in [0.29, 0.717) is 10.2 Å². The summed E-state index contributed by atoms with van der Waals surface area (Å²) in [5.41, 5.74) is 3.08. The second-order valence-corrected chi connectivity index (χ2v) is 8.76. The first-order chi connectivity index (χ1) is 12.0. The van der Waals surface area contributed by atoms with Crippen LogP contribution in [0.1, 0.15) is 23.8 Å². The van der Waals surface area contributed by atoms with Gasteiger partial charge in [-0.2, -0.15) is 0 Å². The lowest BCUT2D eigenvalue weighted by molar-refractivity contribution is 0.821. The molecule has 0 aliphatic heterocycles. The van der Waals surface area contributed by atoms with Crippen LogP contribution in [0.15, 0.2) is 46.4 Å². The van der Waals surface area contributed by atoms with Gasteiger partial charge in [0.05, 0.1) is 11.1 Å². The van der Waals surface area contributed by atoms with Gasteiger partial charge in [-0.3, -0.25) is 9.36 Å². The maximum absolute atomic E-state index is 13.4. The van der Waals surface area contributed by atoms with Crippen LogP contribution in [-0.4, -0.2) is 15.3 Å². The molecule has 3 aromatic rings. The first-order valence-electron chi connectivity index (χ1n) is 8.15. The number of benzene rings is 1. The van der Waals surface area contributed by atoms with Crippen molar-refractivity contribution in [3.8, 4) is 5.69 Å². The molecule has 1 aromatic carbocycles. The minimum absolute atomic E-state index is 0.0240. The Morgan fingerprint density at radius 2 is 2.12 bits per heavy atom. The van der Waals surface area contributed by atoms with E-state index in [4.69, 9.17) is 16.6 Å². The average molecular weight is 389 g/mol. The van der Waals surface area contributed by atoms with Gasteiger partial charge in [-0.1, -0.05) is 35.5 Å². The van der Waals surface area contributed by atoms with Crippen molar-refractivity contribution in [2.75, 3.05) is 5.75 Å². The Labute approximate surface area is 159 Å². The van der Waals surface area contributed by atoms with Crippen LogP contribution in [0.4, 0.5) is 0 Å². The van der Waals surface area contributed by atoms with E-state index >= 15 is 0 Å². The first-order valence-corrected chi connectivity index (χ1v) is 10.3. The molecule has 128 valence electrons. The molecule has 1 aliphatic rings. The Balaban J connectivity index is 1.97. The summed E-state index contributed by atoms with van der Waals surface area (Å²) in [7, 11) is 0. The summed E-state index contributed by atoms with van der Waals surface area (Å²) in [6.45, 7) is 5.94. The van der Waals surface area contributed by atoms with E-state index in [0.717, 1.165) is 46.5 Å². The van der Waals surface area contributed by atoms with Crippen LogP contribution in [0.5, 0.6) is 0 Å². The highest BCUT2D eigenvalue weighted by Crippen LogP contribution is 2.36. The maximum atomic E-state index is 13.4. The number of aromatic nitrogens is 2. The number of fused-ring (bicyclic) bond motifs is 3. The number of hydrogen-bond donors (Lipinski definition) is 0. The molecule has 3 nitrogen and oxygen atoms in total. The molecule has 4 rings (SSSR count). The van der Waals surface area contributed by atoms with Gasteiger partial charge in [0, 0.05) is 15.7 Å². The van der Waals surface area contributed by atoms with Crippen LogP contribution in [-0.2, 0) is 12.8 Å². The Morgan fingerprint density at radius 3 is 2.84 bits per heavy atom. The molecule has 1 aliphatic carbocycles. The van der Waals surface area contributed by atoms with Gasteiger partial charge in [0.1, 0.15) is 4.83 Å². The van der Waals surface area contributed by atoms with Gasteiger partial charge < -0.3 is 0 Å². The van der Waals surface area contributed by atoms with Crippen LogP contribution in [0.2, 0.25) is 5.02 Å². The van der Waals surface area contributed by atoms with Crippen LogP contribution in [0.25, 0.3) is 15.9 Å². The second kappa shape index (κ2) is 6.63. The predicted octanol–water partition coefficient (Wildman–Crippen LogP) is 5.26. The number of thiophene rings is 1. The smallest absolute Gasteiger partial charge is 0.267 e. The molecule has 6 heteroatoms. The van der Waals surface area contributed by atoms with E-state index in [1.807, 2.05) is 19.1 Å². The predicted molar refractivity (Wildman–Crippen MR) is 108 cm³/mol. The first kappa shape index (κ1) is 16.9. The zero-order valence-corrected chi connectivity index (χ0v) is 16.2. The summed E-state index contributed by atoms with van der Waals surface area (Å²) in [6.07, 6.45) is 3.17. The van der Waals surface area contributed by atoms with Crippen molar-refractivity contribution in [1.29, 1.82) is 0 Å². The summed E-state index contributed by atoms with van der Waals surface area (Å²) in [4.78, 5) is 20.4. The summed E-state index contributed by atoms with van der Waals surface area (Å²) < 4.78 is 1.72. The Hall–Kier alpha value is -1.56. The van der Waals surface area contributed by atoms with Gasteiger partial charge in [0.25, 0.3) is 5.56 Å². The van der Waals surface area contributed by atoms with Crippen molar-refractivity contribution in [1.82, 2.24) is 9.55 Å². The lowest BCUT2D eigenvalue weighted by atomic mass is 10.2. The zero-order chi connectivity index (χ0) is 17.6. The Morgan fingerprint density at radius 1 is 1.36 bits per heavy atom. The topological polar surface area (TPSA) is 34.9 Å². The molecule has 0 bridgehead atoms. The van der Waals surface area contributed by atoms with Gasteiger partial charge in [-0.25, -0.2) is 4.98 Å². The zero-order valence-electron chi connectivity index (χ0n) is 13.8. The van der Waals surface area contributed by atoms with Gasteiger partial charge in [0.15, 0.2) is 5.16 Å². The highest BCUT2D eigenvalue weighted by molar-refractivity contribution is 7.99. The van der Waals surface area contributed by atoms with Gasteiger partial charge in [-0.15, -0.1) is 11.3 Å². The normalized spacial score (nSPS) is 13.4. The molecule has 0 saturated carbocycles. The van der Waals surface area contributed by atoms with Crippen molar-refractivity contribution in [3.05, 3.63) is 62.2 Å². The molecular formula is C19H17ClN2OS2. The molecule has 0 N–H and O–H groups in total. The summed E-state index contributed by atoms with van der Waals surface area (Å²) >= 11 is 9.24. The molecule has 0 unspecified atom stereocenters. The summed E-state index contributed by atoms with van der Waals surface area (Å²) in [6, 6.07) is 7.35. The van der Waals surface area contributed by atoms with E-state index in [2.05, 4.69) is 6.58 Å². The minimum Gasteiger partial charge on any atom is -0.268 e. The van der Waals surface area contributed by atoms with E-state index in [9.17, 15) is 4.79 Å². The van der Waals surface area contributed by atoms with E-state index in [1.165, 1.54) is 10.4 Å². The molecule has 0 saturated heterocycles. The van der Waals surface area contributed by atoms with Crippen molar-refractivity contribution in [2.45, 2.75) is 31.3 Å². The molecule has 0 atom stereocenters. The number of aryl methyl sites for hydroxylation is 2. The quantitative estimate of drug-likeness (QED) is 0.347. The second-order valence-electron chi connectivity index (χ2n) is 6.29. The number of rotatable bonds is 4. The number of thioether (sulfide) groups is 1. The van der Waals surface area contributed by atoms with Gasteiger partial charge in [-0.05, 0) is 56.0 Å². The van der Waals surface area contributed by atoms with Crippen LogP contribution in [0.3, 0.4) is 0 Å². The van der Waals surface area contributed by atoms with E-state index in [-0.39, 0.29) is 5.56 Å². The third-order valence-electron chi connectivity index (χ3n) is 4.24. The van der Waals surface area contributed by atoms with Gasteiger partial charge in [0.2, 0.25) is 0 Å². The number of nitrogens with zero attached hydrogens (tertiary/aromatic N) is 2. The fourth-order valence-electron chi connectivity index (χ4n) is 3.13. The van der Waals surface area contributed by atoms with Crippen molar-refractivity contribution in [2.24, 2.45) is 0 Å². The fourth-order valence-corrected chi connectivity index (χ4v) is 5.41. The third-order valence-corrected chi connectivity index (χ3v) is 6.85. The summed E-state index contributed by atoms with van der Waals surface area (Å²) in [5, 5.41) is 2.16. The maximum Gasteiger partial charge on any atom is 0.267 e. The monoisotopic (exact) mass is 388 g/mol. The fraction of sp³-hybridized carbons (Fsp3) is 0.263. The van der Waals surface area contributed by atoms with Crippen LogP contribution in [0, 0.1) is 0 Å².